The lowest BCUT2D eigenvalue weighted by Crippen LogP contribution is -2.40. The van der Waals surface area contributed by atoms with E-state index in [1.807, 2.05) is 0 Å². The molecule has 1 N–H and O–H groups in total. The van der Waals surface area contributed by atoms with E-state index < -0.39 is 0 Å². The summed E-state index contributed by atoms with van der Waals surface area (Å²) in [6.45, 7) is 12.9. The predicted molar refractivity (Wildman–Crippen MR) is 80.0 cm³/mol. The van der Waals surface area contributed by atoms with Crippen LogP contribution in [0.3, 0.4) is 0 Å². The normalized spacial score (nSPS) is 23.2. The molecular weight excluding hydrogens is 222 g/mol. The fraction of sp³-hybridized carbons (Fsp3) is 1.00. The fourth-order valence-electron chi connectivity index (χ4n) is 2.86. The Kier molecular flexibility index (Phi) is 7.20. The van der Waals surface area contributed by atoms with Gasteiger partial charge < -0.3 is 15.1 Å². The van der Waals surface area contributed by atoms with E-state index in [0.29, 0.717) is 0 Å². The Balaban J connectivity index is 2.12. The molecule has 1 rings (SSSR count). The Hall–Kier alpha value is -0.120. The van der Waals surface area contributed by atoms with Gasteiger partial charge in [-0.2, -0.15) is 0 Å². The first kappa shape index (κ1) is 15.9. The average Bonchev–Trinajstić information content (AvgIpc) is 2.63. The van der Waals surface area contributed by atoms with Crippen LogP contribution in [-0.2, 0) is 0 Å². The zero-order chi connectivity index (χ0) is 13.5. The number of hydrogen-bond acceptors (Lipinski definition) is 3. The van der Waals surface area contributed by atoms with Crippen molar-refractivity contribution in [3.8, 4) is 0 Å². The Bertz CT molecular complexity index is 218. The number of rotatable bonds is 8. The van der Waals surface area contributed by atoms with E-state index >= 15 is 0 Å². The fourth-order valence-corrected chi connectivity index (χ4v) is 2.86. The third-order valence-corrected chi connectivity index (χ3v) is 3.86. The van der Waals surface area contributed by atoms with Gasteiger partial charge in [0.25, 0.3) is 0 Å². The van der Waals surface area contributed by atoms with E-state index in [4.69, 9.17) is 0 Å². The van der Waals surface area contributed by atoms with Crippen molar-refractivity contribution < 1.29 is 0 Å². The van der Waals surface area contributed by atoms with Gasteiger partial charge in [0.05, 0.1) is 0 Å². The summed E-state index contributed by atoms with van der Waals surface area (Å²) in [4.78, 5) is 5.02. The smallest absolute Gasteiger partial charge is 0.0220 e. The van der Waals surface area contributed by atoms with Crippen molar-refractivity contribution in [3.05, 3.63) is 0 Å². The van der Waals surface area contributed by atoms with Crippen molar-refractivity contribution in [2.24, 2.45) is 11.8 Å². The van der Waals surface area contributed by atoms with Gasteiger partial charge in [0.2, 0.25) is 0 Å². The minimum atomic E-state index is 0.737. The van der Waals surface area contributed by atoms with E-state index in [1.165, 1.54) is 32.5 Å². The van der Waals surface area contributed by atoms with E-state index in [1.54, 1.807) is 0 Å². The summed E-state index contributed by atoms with van der Waals surface area (Å²) in [5.74, 6) is 1.49. The highest BCUT2D eigenvalue weighted by molar-refractivity contribution is 4.79. The minimum Gasteiger partial charge on any atom is -0.316 e. The van der Waals surface area contributed by atoms with Crippen LogP contribution >= 0.6 is 0 Å². The molecule has 0 spiro atoms. The van der Waals surface area contributed by atoms with Gasteiger partial charge in [0.1, 0.15) is 0 Å². The Morgan fingerprint density at radius 2 is 2.00 bits per heavy atom. The molecule has 108 valence electrons. The lowest BCUT2D eigenvalue weighted by Gasteiger charge is -2.28. The zero-order valence-corrected chi connectivity index (χ0v) is 13.1. The van der Waals surface area contributed by atoms with Crippen molar-refractivity contribution in [2.45, 2.75) is 39.7 Å². The van der Waals surface area contributed by atoms with Crippen molar-refractivity contribution in [1.82, 2.24) is 15.1 Å². The maximum absolute atomic E-state index is 3.56. The summed E-state index contributed by atoms with van der Waals surface area (Å²) in [6, 6.07) is 0.783. The molecule has 0 radical (unpaired) electrons. The van der Waals surface area contributed by atoms with Crippen molar-refractivity contribution in [1.29, 1.82) is 0 Å². The second-order valence-corrected chi connectivity index (χ2v) is 6.66. The molecule has 0 aromatic rings. The summed E-state index contributed by atoms with van der Waals surface area (Å²) >= 11 is 0. The molecule has 1 aliphatic heterocycles. The lowest BCUT2D eigenvalue weighted by molar-refractivity contribution is 0.201. The van der Waals surface area contributed by atoms with E-state index in [9.17, 15) is 0 Å². The quantitative estimate of drug-likeness (QED) is 0.714. The maximum atomic E-state index is 3.56. The van der Waals surface area contributed by atoms with Crippen LogP contribution in [0.2, 0.25) is 0 Å². The summed E-state index contributed by atoms with van der Waals surface area (Å²) in [5, 5.41) is 3.56. The molecule has 0 aromatic carbocycles. The van der Waals surface area contributed by atoms with Gasteiger partial charge in [0.15, 0.2) is 0 Å². The van der Waals surface area contributed by atoms with Crippen LogP contribution in [0.25, 0.3) is 0 Å². The number of nitrogens with zero attached hydrogens (tertiary/aromatic N) is 2. The van der Waals surface area contributed by atoms with E-state index in [-0.39, 0.29) is 0 Å². The highest BCUT2D eigenvalue weighted by Gasteiger charge is 2.22. The van der Waals surface area contributed by atoms with Gasteiger partial charge in [-0.05, 0) is 58.4 Å². The second kappa shape index (κ2) is 8.13. The first-order chi connectivity index (χ1) is 8.49. The summed E-state index contributed by atoms with van der Waals surface area (Å²) in [6.07, 6.45) is 2.75. The van der Waals surface area contributed by atoms with Crippen molar-refractivity contribution in [3.63, 3.8) is 0 Å². The van der Waals surface area contributed by atoms with E-state index in [2.05, 4.69) is 50.0 Å². The molecule has 1 aliphatic rings. The monoisotopic (exact) mass is 255 g/mol. The lowest BCUT2D eigenvalue weighted by atomic mass is 10.1. The Morgan fingerprint density at radius 3 is 2.56 bits per heavy atom. The SMILES string of the molecule is CC(C)CNCC(C)CN(C)CC1CCCN1C. The first-order valence-electron chi connectivity index (χ1n) is 7.58. The maximum Gasteiger partial charge on any atom is 0.0220 e. The van der Waals surface area contributed by atoms with Gasteiger partial charge in [-0.25, -0.2) is 0 Å². The first-order valence-corrected chi connectivity index (χ1v) is 7.58. The molecule has 0 amide bonds. The number of likely N-dealkylation sites (N-methyl/N-ethyl adjacent to an activating group) is 2. The molecule has 0 bridgehead atoms. The zero-order valence-electron chi connectivity index (χ0n) is 13.1. The van der Waals surface area contributed by atoms with Gasteiger partial charge in [0, 0.05) is 19.1 Å². The summed E-state index contributed by atoms with van der Waals surface area (Å²) in [5.41, 5.74) is 0. The highest BCUT2D eigenvalue weighted by Crippen LogP contribution is 2.15. The molecule has 2 atom stereocenters. The minimum absolute atomic E-state index is 0.737. The van der Waals surface area contributed by atoms with Crippen LogP contribution in [0.4, 0.5) is 0 Å². The number of likely N-dealkylation sites (tertiary alicyclic amines) is 1. The predicted octanol–water partition coefficient (Wildman–Crippen LogP) is 1.89. The van der Waals surface area contributed by atoms with Crippen molar-refractivity contribution >= 4 is 0 Å². The molecule has 3 nitrogen and oxygen atoms in total. The summed E-state index contributed by atoms with van der Waals surface area (Å²) < 4.78 is 0. The molecule has 1 saturated heterocycles. The van der Waals surface area contributed by atoms with Crippen LogP contribution in [0.15, 0.2) is 0 Å². The van der Waals surface area contributed by atoms with E-state index in [0.717, 1.165) is 31.0 Å². The number of nitrogens with one attached hydrogen (secondary N) is 1. The van der Waals surface area contributed by atoms with Crippen LogP contribution in [0.1, 0.15) is 33.6 Å². The van der Waals surface area contributed by atoms with Gasteiger partial charge in [-0.3, -0.25) is 0 Å². The van der Waals surface area contributed by atoms with Crippen LogP contribution < -0.4 is 5.32 Å². The molecule has 18 heavy (non-hydrogen) atoms. The van der Waals surface area contributed by atoms with Crippen LogP contribution in [0.5, 0.6) is 0 Å². The molecule has 3 heteroatoms. The molecular formula is C15H33N3. The topological polar surface area (TPSA) is 18.5 Å². The second-order valence-electron chi connectivity index (χ2n) is 6.66. The van der Waals surface area contributed by atoms with Crippen LogP contribution in [-0.4, -0.2) is 62.7 Å². The summed E-state index contributed by atoms with van der Waals surface area (Å²) in [7, 11) is 4.53. The standard InChI is InChI=1S/C15H33N3/c1-13(2)9-16-10-14(3)11-17(4)12-15-7-6-8-18(15)5/h13-16H,6-12H2,1-5H3. The third-order valence-electron chi connectivity index (χ3n) is 3.86. The third kappa shape index (κ3) is 6.17. The van der Waals surface area contributed by atoms with Gasteiger partial charge in [-0.1, -0.05) is 20.8 Å². The largest absolute Gasteiger partial charge is 0.316 e. The van der Waals surface area contributed by atoms with Gasteiger partial charge >= 0.3 is 0 Å². The molecule has 1 heterocycles. The highest BCUT2D eigenvalue weighted by atomic mass is 15.2. The Morgan fingerprint density at radius 1 is 1.28 bits per heavy atom. The van der Waals surface area contributed by atoms with Gasteiger partial charge in [-0.15, -0.1) is 0 Å². The molecule has 0 aromatic heterocycles. The Labute approximate surface area is 114 Å². The molecule has 0 saturated carbocycles. The molecule has 0 aliphatic carbocycles. The van der Waals surface area contributed by atoms with Crippen LogP contribution in [0, 0.1) is 11.8 Å². The average molecular weight is 255 g/mol. The van der Waals surface area contributed by atoms with Crippen molar-refractivity contribution in [2.75, 3.05) is 46.8 Å². The molecule has 2 unspecified atom stereocenters. The number of hydrogen-bond donors (Lipinski definition) is 1. The molecule has 1 fully saturated rings.